The highest BCUT2D eigenvalue weighted by atomic mass is 16.1. The van der Waals surface area contributed by atoms with Crippen molar-refractivity contribution in [2.45, 2.75) is 25.7 Å². The number of carbonyl (C=O) groups is 1. The zero-order valence-corrected chi connectivity index (χ0v) is 9.15. The van der Waals surface area contributed by atoms with Crippen molar-refractivity contribution in [3.05, 3.63) is 18.5 Å². The summed E-state index contributed by atoms with van der Waals surface area (Å²) in [5.74, 6) is 0.315. The van der Waals surface area contributed by atoms with Crippen molar-refractivity contribution in [3.8, 4) is 0 Å². The summed E-state index contributed by atoms with van der Waals surface area (Å²) >= 11 is 0. The van der Waals surface area contributed by atoms with E-state index in [4.69, 9.17) is 5.73 Å². The van der Waals surface area contributed by atoms with Crippen molar-refractivity contribution < 1.29 is 4.79 Å². The highest BCUT2D eigenvalue weighted by Gasteiger charge is 2.37. The lowest BCUT2D eigenvalue weighted by Crippen LogP contribution is -2.40. The molecule has 0 aromatic carbocycles. The molecule has 0 unspecified atom stereocenters. The molecule has 16 heavy (non-hydrogen) atoms. The zero-order chi connectivity index (χ0) is 11.4. The standard InChI is InChI=1S/C11H16N4O/c12-8-11(3-1-4-11)7-9(16)15-10-13-5-2-6-14-10/h2,5-6H,1,3-4,7-8,12H2,(H,13,14,15,16). The maximum absolute atomic E-state index is 11.7. The van der Waals surface area contributed by atoms with E-state index in [9.17, 15) is 4.79 Å². The van der Waals surface area contributed by atoms with Gasteiger partial charge in [-0.25, -0.2) is 9.97 Å². The van der Waals surface area contributed by atoms with Crippen LogP contribution in [0.1, 0.15) is 25.7 Å². The van der Waals surface area contributed by atoms with Gasteiger partial charge in [0, 0.05) is 18.8 Å². The summed E-state index contributed by atoms with van der Waals surface area (Å²) in [6.45, 7) is 0.579. The van der Waals surface area contributed by atoms with Gasteiger partial charge >= 0.3 is 0 Å². The van der Waals surface area contributed by atoms with Gasteiger partial charge in [0.05, 0.1) is 0 Å². The van der Waals surface area contributed by atoms with Crippen LogP contribution in [0.3, 0.4) is 0 Å². The molecule has 5 nitrogen and oxygen atoms in total. The maximum Gasteiger partial charge on any atom is 0.229 e. The molecule has 5 heteroatoms. The molecule has 1 saturated carbocycles. The van der Waals surface area contributed by atoms with E-state index < -0.39 is 0 Å². The second-order valence-electron chi connectivity index (χ2n) is 4.36. The van der Waals surface area contributed by atoms with E-state index in [1.54, 1.807) is 18.5 Å². The molecule has 1 aromatic rings. The molecule has 0 atom stereocenters. The average molecular weight is 220 g/mol. The number of carbonyl (C=O) groups excluding carboxylic acids is 1. The Morgan fingerprint density at radius 3 is 2.62 bits per heavy atom. The summed E-state index contributed by atoms with van der Waals surface area (Å²) < 4.78 is 0. The molecule has 3 N–H and O–H groups in total. The predicted octanol–water partition coefficient (Wildman–Crippen LogP) is 0.934. The molecule has 86 valence electrons. The molecule has 1 aromatic heterocycles. The predicted molar refractivity (Wildman–Crippen MR) is 60.6 cm³/mol. The Hall–Kier alpha value is -1.49. The Morgan fingerprint density at radius 2 is 2.12 bits per heavy atom. The van der Waals surface area contributed by atoms with E-state index in [-0.39, 0.29) is 11.3 Å². The van der Waals surface area contributed by atoms with Gasteiger partial charge in [-0.15, -0.1) is 0 Å². The molecule has 1 heterocycles. The highest BCUT2D eigenvalue weighted by molar-refractivity contribution is 5.89. The van der Waals surface area contributed by atoms with E-state index in [0.717, 1.165) is 12.8 Å². The third kappa shape index (κ3) is 2.36. The summed E-state index contributed by atoms with van der Waals surface area (Å²) in [6.07, 6.45) is 6.95. The van der Waals surface area contributed by atoms with Gasteiger partial charge in [0.1, 0.15) is 0 Å². The van der Waals surface area contributed by atoms with E-state index in [1.165, 1.54) is 6.42 Å². The lowest BCUT2D eigenvalue weighted by atomic mass is 9.66. The largest absolute Gasteiger partial charge is 0.330 e. The molecule has 0 bridgehead atoms. The normalized spacial score (nSPS) is 17.6. The Morgan fingerprint density at radius 1 is 1.44 bits per heavy atom. The average Bonchev–Trinajstić information content (AvgIpc) is 2.25. The second-order valence-corrected chi connectivity index (χ2v) is 4.36. The molecular formula is C11H16N4O. The van der Waals surface area contributed by atoms with Gasteiger partial charge in [-0.3, -0.25) is 10.1 Å². The van der Waals surface area contributed by atoms with Crippen LogP contribution >= 0.6 is 0 Å². The minimum atomic E-state index is -0.0450. The first kappa shape index (κ1) is 11.0. The Kier molecular flexibility index (Phi) is 3.14. The molecule has 0 radical (unpaired) electrons. The summed E-state index contributed by atoms with van der Waals surface area (Å²) in [6, 6.07) is 1.71. The number of nitrogens with zero attached hydrogens (tertiary/aromatic N) is 2. The van der Waals surface area contributed by atoms with Gasteiger partial charge < -0.3 is 5.73 Å². The smallest absolute Gasteiger partial charge is 0.229 e. The van der Waals surface area contributed by atoms with Crippen molar-refractivity contribution in [2.24, 2.45) is 11.1 Å². The molecule has 1 aliphatic rings. The van der Waals surface area contributed by atoms with Crippen molar-refractivity contribution in [1.29, 1.82) is 0 Å². The molecule has 0 saturated heterocycles. The van der Waals surface area contributed by atoms with Gasteiger partial charge in [-0.2, -0.15) is 0 Å². The van der Waals surface area contributed by atoms with Gasteiger partial charge in [0.25, 0.3) is 0 Å². The quantitative estimate of drug-likeness (QED) is 0.791. The minimum Gasteiger partial charge on any atom is -0.330 e. The summed E-state index contributed by atoms with van der Waals surface area (Å²) in [5, 5.41) is 2.68. The Bertz CT molecular complexity index is 356. The van der Waals surface area contributed by atoms with Gasteiger partial charge in [0.2, 0.25) is 11.9 Å². The number of hydrogen-bond acceptors (Lipinski definition) is 4. The van der Waals surface area contributed by atoms with Crippen LogP contribution in [0.15, 0.2) is 18.5 Å². The Balaban J connectivity index is 1.89. The van der Waals surface area contributed by atoms with Crippen LogP contribution in [-0.4, -0.2) is 22.4 Å². The number of amides is 1. The number of hydrogen-bond donors (Lipinski definition) is 2. The monoisotopic (exact) mass is 220 g/mol. The fourth-order valence-electron chi connectivity index (χ4n) is 2.00. The molecule has 1 fully saturated rings. The number of nitrogens with two attached hydrogens (primary N) is 1. The van der Waals surface area contributed by atoms with E-state index >= 15 is 0 Å². The summed E-state index contributed by atoms with van der Waals surface area (Å²) in [4.78, 5) is 19.6. The number of anilines is 1. The number of nitrogens with one attached hydrogen (secondary N) is 1. The zero-order valence-electron chi connectivity index (χ0n) is 9.15. The SMILES string of the molecule is NCC1(CC(=O)Nc2ncccn2)CCC1. The van der Waals surface area contributed by atoms with Gasteiger partial charge in [0.15, 0.2) is 0 Å². The maximum atomic E-state index is 11.7. The van der Waals surface area contributed by atoms with Crippen LogP contribution in [0.4, 0.5) is 5.95 Å². The number of aromatic nitrogens is 2. The molecule has 0 spiro atoms. The van der Waals surface area contributed by atoms with Crippen LogP contribution in [0.2, 0.25) is 0 Å². The van der Waals surface area contributed by atoms with Crippen LogP contribution in [0, 0.1) is 5.41 Å². The van der Waals surface area contributed by atoms with Crippen molar-refractivity contribution in [2.75, 3.05) is 11.9 Å². The first-order chi connectivity index (χ1) is 7.74. The van der Waals surface area contributed by atoms with E-state index in [2.05, 4.69) is 15.3 Å². The van der Waals surface area contributed by atoms with Crippen LogP contribution in [0.5, 0.6) is 0 Å². The topological polar surface area (TPSA) is 80.9 Å². The van der Waals surface area contributed by atoms with Crippen LogP contribution in [0.25, 0.3) is 0 Å². The number of rotatable bonds is 4. The highest BCUT2D eigenvalue weighted by Crippen LogP contribution is 2.42. The van der Waals surface area contributed by atoms with Gasteiger partial charge in [-0.1, -0.05) is 6.42 Å². The molecule has 0 aliphatic heterocycles. The fraction of sp³-hybridized carbons (Fsp3) is 0.545. The molecule has 1 aliphatic carbocycles. The third-order valence-electron chi connectivity index (χ3n) is 3.20. The minimum absolute atomic E-state index is 0.0267. The molecular weight excluding hydrogens is 204 g/mol. The second kappa shape index (κ2) is 4.57. The van der Waals surface area contributed by atoms with Crippen LogP contribution < -0.4 is 11.1 Å². The molecule has 2 rings (SSSR count). The first-order valence-corrected chi connectivity index (χ1v) is 5.51. The first-order valence-electron chi connectivity index (χ1n) is 5.51. The van der Waals surface area contributed by atoms with Crippen molar-refractivity contribution >= 4 is 11.9 Å². The summed E-state index contributed by atoms with van der Waals surface area (Å²) in [7, 11) is 0. The van der Waals surface area contributed by atoms with E-state index in [0.29, 0.717) is 18.9 Å². The lowest BCUT2D eigenvalue weighted by Gasteiger charge is -2.40. The lowest BCUT2D eigenvalue weighted by molar-refractivity contribution is -0.119. The summed E-state index contributed by atoms with van der Waals surface area (Å²) in [5.41, 5.74) is 5.73. The molecule has 1 amide bonds. The van der Waals surface area contributed by atoms with Crippen LogP contribution in [-0.2, 0) is 4.79 Å². The fourth-order valence-corrected chi connectivity index (χ4v) is 2.00. The van der Waals surface area contributed by atoms with E-state index in [1.807, 2.05) is 0 Å². The Labute approximate surface area is 94.5 Å². The van der Waals surface area contributed by atoms with Gasteiger partial charge in [-0.05, 0) is 30.9 Å². The van der Waals surface area contributed by atoms with Crippen molar-refractivity contribution in [3.63, 3.8) is 0 Å². The van der Waals surface area contributed by atoms with Crippen molar-refractivity contribution in [1.82, 2.24) is 9.97 Å². The third-order valence-corrected chi connectivity index (χ3v) is 3.20.